The number of esters is 1. The highest BCUT2D eigenvalue weighted by Crippen LogP contribution is 2.38. The van der Waals surface area contributed by atoms with E-state index in [0.717, 1.165) is 0 Å². The topological polar surface area (TPSA) is 170 Å². The van der Waals surface area contributed by atoms with Gasteiger partial charge in [0.15, 0.2) is 11.6 Å². The van der Waals surface area contributed by atoms with Gasteiger partial charge in [-0.3, -0.25) is 15.3 Å². The zero-order chi connectivity index (χ0) is 28.1. The summed E-state index contributed by atoms with van der Waals surface area (Å²) in [6.45, 7) is 15.0. The van der Waals surface area contributed by atoms with E-state index in [1.54, 1.807) is 40.1 Å². The lowest BCUT2D eigenvalue weighted by atomic mass is 9.99. The van der Waals surface area contributed by atoms with Crippen molar-refractivity contribution in [3.63, 3.8) is 0 Å². The number of anilines is 1. The highest BCUT2D eigenvalue weighted by molar-refractivity contribution is 5.81. The molecular weight excluding hydrogens is 488 g/mol. The van der Waals surface area contributed by atoms with Crippen molar-refractivity contribution in [2.75, 3.05) is 12.1 Å². The van der Waals surface area contributed by atoms with Gasteiger partial charge in [-0.05, 0) is 46.6 Å². The summed E-state index contributed by atoms with van der Waals surface area (Å²) in [4.78, 5) is 41.4. The van der Waals surface area contributed by atoms with Crippen LogP contribution in [-0.2, 0) is 23.7 Å². The molecule has 1 aliphatic heterocycles. The summed E-state index contributed by atoms with van der Waals surface area (Å²) in [6, 6.07) is 0.362. The van der Waals surface area contributed by atoms with E-state index in [1.165, 1.54) is 36.8 Å². The third-order valence-corrected chi connectivity index (χ3v) is 5.29. The minimum atomic E-state index is -1.58. The van der Waals surface area contributed by atoms with Crippen molar-refractivity contribution < 1.29 is 38.9 Å². The van der Waals surface area contributed by atoms with E-state index in [0.29, 0.717) is 0 Å². The van der Waals surface area contributed by atoms with Crippen LogP contribution in [0.1, 0.15) is 54.7 Å². The Hall–Kier alpha value is -3.00. The Morgan fingerprint density at radius 2 is 1.95 bits per heavy atom. The fourth-order valence-corrected chi connectivity index (χ4v) is 3.74. The zero-order valence-corrected chi connectivity index (χ0v) is 22.3. The Bertz CT molecular complexity index is 1010. The normalized spacial score (nSPS) is 22.9. The zero-order valence-electron chi connectivity index (χ0n) is 22.3. The van der Waals surface area contributed by atoms with E-state index in [1.807, 2.05) is 0 Å². The van der Waals surface area contributed by atoms with Gasteiger partial charge in [-0.15, -0.1) is 6.58 Å². The Labute approximate surface area is 215 Å². The second kappa shape index (κ2) is 12.0. The molecule has 2 heterocycles. The number of hydrogen-bond donors (Lipinski definition) is 4. The van der Waals surface area contributed by atoms with Crippen molar-refractivity contribution in [3.8, 4) is 0 Å². The summed E-state index contributed by atoms with van der Waals surface area (Å²) < 4.78 is 23.8. The lowest BCUT2D eigenvalue weighted by Gasteiger charge is -2.29. The number of hydrogen-bond acceptors (Lipinski definition) is 11. The van der Waals surface area contributed by atoms with Gasteiger partial charge in [0.05, 0.1) is 5.92 Å². The molecule has 13 heteroatoms. The lowest BCUT2D eigenvalue weighted by molar-refractivity contribution is -0.222. The number of carbonyl (C=O) groups is 2. The molecule has 208 valence electrons. The summed E-state index contributed by atoms with van der Waals surface area (Å²) in [7, 11) is 0. The van der Waals surface area contributed by atoms with Gasteiger partial charge in [-0.25, -0.2) is 14.4 Å². The van der Waals surface area contributed by atoms with Gasteiger partial charge in [0, 0.05) is 6.20 Å². The largest absolute Gasteiger partial charge is 0.461 e. The maximum Gasteiger partial charge on any atom is 0.408 e. The van der Waals surface area contributed by atoms with Crippen LogP contribution in [0, 0.1) is 11.8 Å². The molecular formula is C24H38N4O9. The van der Waals surface area contributed by atoms with E-state index in [9.17, 15) is 19.5 Å². The number of amides is 1. The monoisotopic (exact) mass is 526 g/mol. The Morgan fingerprint density at radius 3 is 2.43 bits per heavy atom. The predicted molar refractivity (Wildman–Crippen MR) is 132 cm³/mol. The number of aliphatic hydroxyl groups is 1. The van der Waals surface area contributed by atoms with Crippen LogP contribution in [0.5, 0.6) is 0 Å². The van der Waals surface area contributed by atoms with Crippen molar-refractivity contribution in [3.05, 3.63) is 35.4 Å². The molecule has 5 atom stereocenters. The number of rotatable bonds is 10. The Kier molecular flexibility index (Phi) is 9.83. The standard InChI is InChI=1S/C24H38N4O9/c1-9-14-18(36-24(7,8)32)15(35-19(14)28-11-10-16(27-33)25-21(28)30)12-34-20(29)17(13(2)3)26-22(31)37-23(4,5)6/h9-11,13-15,17-19,32-33H,1,12H2,2-8H3,(H,26,31)(H,25,27,30)/t14-,15-,17+,18+,19-/m1/s1. The number of alkyl carbamates (subject to hydrolysis) is 1. The van der Waals surface area contributed by atoms with Crippen LogP contribution >= 0.6 is 0 Å². The fourth-order valence-electron chi connectivity index (χ4n) is 3.74. The minimum Gasteiger partial charge on any atom is -0.461 e. The van der Waals surface area contributed by atoms with E-state index in [-0.39, 0.29) is 18.3 Å². The van der Waals surface area contributed by atoms with Gasteiger partial charge >= 0.3 is 17.8 Å². The van der Waals surface area contributed by atoms with Crippen molar-refractivity contribution >= 4 is 17.9 Å². The quantitative estimate of drug-likeness (QED) is 0.152. The molecule has 0 aromatic carbocycles. The molecule has 1 amide bonds. The van der Waals surface area contributed by atoms with Gasteiger partial charge in [0.2, 0.25) is 0 Å². The molecule has 0 unspecified atom stereocenters. The van der Waals surface area contributed by atoms with E-state index in [2.05, 4.69) is 16.9 Å². The van der Waals surface area contributed by atoms with Gasteiger partial charge in [-0.1, -0.05) is 19.9 Å². The predicted octanol–water partition coefficient (Wildman–Crippen LogP) is 1.95. The molecule has 0 aliphatic carbocycles. The van der Waals surface area contributed by atoms with E-state index < -0.39 is 59.5 Å². The van der Waals surface area contributed by atoms with Gasteiger partial charge in [0.1, 0.15) is 36.7 Å². The Balaban J connectivity index is 2.24. The van der Waals surface area contributed by atoms with Crippen LogP contribution in [0.4, 0.5) is 10.6 Å². The first-order chi connectivity index (χ1) is 17.1. The maximum atomic E-state index is 12.9. The average Bonchev–Trinajstić information content (AvgIpc) is 3.09. The summed E-state index contributed by atoms with van der Waals surface area (Å²) in [5.74, 6) is -3.32. The molecule has 0 bridgehead atoms. The van der Waals surface area contributed by atoms with E-state index >= 15 is 0 Å². The number of ether oxygens (including phenoxy) is 4. The third-order valence-electron chi connectivity index (χ3n) is 5.29. The van der Waals surface area contributed by atoms with Crippen molar-refractivity contribution in [1.29, 1.82) is 0 Å². The highest BCUT2D eigenvalue weighted by Gasteiger charge is 2.48. The molecule has 13 nitrogen and oxygen atoms in total. The third kappa shape index (κ3) is 8.52. The van der Waals surface area contributed by atoms with Crippen molar-refractivity contribution in [2.24, 2.45) is 11.8 Å². The van der Waals surface area contributed by atoms with Crippen LogP contribution in [0.2, 0.25) is 0 Å². The number of nitrogens with one attached hydrogen (secondary N) is 2. The van der Waals surface area contributed by atoms with Crippen LogP contribution in [-0.4, -0.2) is 68.2 Å². The van der Waals surface area contributed by atoms with Gasteiger partial charge in [-0.2, -0.15) is 4.98 Å². The van der Waals surface area contributed by atoms with E-state index in [4.69, 9.17) is 24.2 Å². The molecule has 1 aromatic rings. The fraction of sp³-hybridized carbons (Fsp3) is 0.667. The summed E-state index contributed by atoms with van der Waals surface area (Å²) >= 11 is 0. The lowest BCUT2D eigenvalue weighted by Crippen LogP contribution is -2.48. The maximum absolute atomic E-state index is 12.9. The summed E-state index contributed by atoms with van der Waals surface area (Å²) in [5, 5.41) is 21.9. The molecule has 1 saturated heterocycles. The molecule has 1 aromatic heterocycles. The summed E-state index contributed by atoms with van der Waals surface area (Å²) in [5.41, 5.74) is 0.325. The molecule has 1 aliphatic rings. The minimum absolute atomic E-state index is 0.0543. The smallest absolute Gasteiger partial charge is 0.408 e. The molecule has 2 rings (SSSR count). The highest BCUT2D eigenvalue weighted by atomic mass is 16.7. The van der Waals surface area contributed by atoms with Crippen molar-refractivity contribution in [1.82, 2.24) is 14.9 Å². The first kappa shape index (κ1) is 30.2. The van der Waals surface area contributed by atoms with Crippen LogP contribution in [0.3, 0.4) is 0 Å². The van der Waals surface area contributed by atoms with Crippen LogP contribution < -0.4 is 16.5 Å². The second-order valence-electron chi connectivity index (χ2n) is 10.5. The average molecular weight is 527 g/mol. The molecule has 37 heavy (non-hydrogen) atoms. The SMILES string of the molecule is C=C[C@@H]1[C@H](OC(C)(C)O)[C@@H](COC(=O)[C@@H](NC(=O)OC(C)(C)C)C(C)C)O[C@H]1n1ccc(NO)nc1=O. The van der Waals surface area contributed by atoms with Gasteiger partial charge in [0.25, 0.3) is 0 Å². The Morgan fingerprint density at radius 1 is 1.30 bits per heavy atom. The van der Waals surface area contributed by atoms with Gasteiger partial charge < -0.3 is 29.4 Å². The first-order valence-corrected chi connectivity index (χ1v) is 11.9. The molecule has 4 N–H and O–H groups in total. The number of carbonyl (C=O) groups excluding carboxylic acids is 2. The van der Waals surface area contributed by atoms with Crippen LogP contribution in [0.15, 0.2) is 29.7 Å². The molecule has 0 radical (unpaired) electrons. The second-order valence-corrected chi connectivity index (χ2v) is 10.5. The molecule has 0 saturated carbocycles. The number of nitrogens with zero attached hydrogens (tertiary/aromatic N) is 2. The van der Waals surface area contributed by atoms with Crippen LogP contribution in [0.25, 0.3) is 0 Å². The molecule has 0 spiro atoms. The molecule has 1 fully saturated rings. The number of aromatic nitrogens is 2. The summed E-state index contributed by atoms with van der Waals surface area (Å²) in [6.07, 6.45) is -0.627. The van der Waals surface area contributed by atoms with Crippen molar-refractivity contribution in [2.45, 2.75) is 84.3 Å². The first-order valence-electron chi connectivity index (χ1n) is 11.9.